The Labute approximate surface area is 99.3 Å². The SMILES string of the molecule is C=CC1=CC(C)=CCC1(C)N(C)CCOC. The van der Waals surface area contributed by atoms with Crippen LogP contribution in [-0.2, 0) is 4.74 Å². The van der Waals surface area contributed by atoms with Crippen molar-refractivity contribution in [3.05, 3.63) is 36.0 Å². The maximum atomic E-state index is 5.14. The van der Waals surface area contributed by atoms with Crippen LogP contribution in [0.1, 0.15) is 20.3 Å². The van der Waals surface area contributed by atoms with Gasteiger partial charge in [0.1, 0.15) is 0 Å². The van der Waals surface area contributed by atoms with E-state index in [1.165, 1.54) is 11.1 Å². The number of nitrogens with zero attached hydrogens (tertiary/aromatic N) is 1. The minimum absolute atomic E-state index is 0.0553. The summed E-state index contributed by atoms with van der Waals surface area (Å²) in [6, 6.07) is 0. The Morgan fingerprint density at radius 1 is 1.62 bits per heavy atom. The molecule has 0 fully saturated rings. The largest absolute Gasteiger partial charge is 0.383 e. The van der Waals surface area contributed by atoms with E-state index in [9.17, 15) is 0 Å². The van der Waals surface area contributed by atoms with E-state index in [1.807, 2.05) is 6.08 Å². The third-order valence-corrected chi connectivity index (χ3v) is 3.52. The van der Waals surface area contributed by atoms with E-state index < -0.39 is 0 Å². The molecule has 2 nitrogen and oxygen atoms in total. The van der Waals surface area contributed by atoms with Crippen LogP contribution in [0.4, 0.5) is 0 Å². The molecule has 0 radical (unpaired) electrons. The molecule has 2 heteroatoms. The summed E-state index contributed by atoms with van der Waals surface area (Å²) < 4.78 is 5.14. The summed E-state index contributed by atoms with van der Waals surface area (Å²) in [5.74, 6) is 0. The number of hydrogen-bond donors (Lipinski definition) is 0. The summed E-state index contributed by atoms with van der Waals surface area (Å²) in [5.41, 5.74) is 2.68. The van der Waals surface area contributed by atoms with E-state index >= 15 is 0 Å². The fourth-order valence-corrected chi connectivity index (χ4v) is 2.07. The molecule has 1 rings (SSSR count). The van der Waals surface area contributed by atoms with Gasteiger partial charge in [-0.25, -0.2) is 0 Å². The quantitative estimate of drug-likeness (QED) is 0.708. The van der Waals surface area contributed by atoms with Crippen molar-refractivity contribution in [3.63, 3.8) is 0 Å². The average Bonchev–Trinajstić information content (AvgIpc) is 2.29. The standard InChI is InChI=1S/C14H23NO/c1-6-13-11-12(2)7-8-14(13,3)15(4)9-10-16-5/h6-7,11H,1,8-10H2,2-5H3. The van der Waals surface area contributed by atoms with Crippen molar-refractivity contribution in [1.29, 1.82) is 0 Å². The second kappa shape index (κ2) is 5.46. The highest BCUT2D eigenvalue weighted by atomic mass is 16.5. The van der Waals surface area contributed by atoms with Gasteiger partial charge in [0.2, 0.25) is 0 Å². The van der Waals surface area contributed by atoms with E-state index in [1.54, 1.807) is 7.11 Å². The number of ether oxygens (including phenoxy) is 1. The normalized spacial score (nSPS) is 25.3. The maximum Gasteiger partial charge on any atom is 0.0589 e. The van der Waals surface area contributed by atoms with E-state index in [0.29, 0.717) is 0 Å². The molecule has 0 aromatic heterocycles. The second-order valence-electron chi connectivity index (χ2n) is 4.64. The molecule has 0 bridgehead atoms. The van der Waals surface area contributed by atoms with Gasteiger partial charge in [0, 0.05) is 19.2 Å². The molecule has 0 spiro atoms. The van der Waals surface area contributed by atoms with Crippen LogP contribution in [-0.4, -0.2) is 37.7 Å². The predicted molar refractivity (Wildman–Crippen MR) is 69.6 cm³/mol. The monoisotopic (exact) mass is 221 g/mol. The molecule has 0 saturated heterocycles. The zero-order chi connectivity index (χ0) is 12.2. The molecule has 0 aromatic rings. The first-order valence-electron chi connectivity index (χ1n) is 5.76. The molecule has 0 N–H and O–H groups in total. The van der Waals surface area contributed by atoms with Crippen LogP contribution in [0, 0.1) is 0 Å². The van der Waals surface area contributed by atoms with Gasteiger partial charge in [0.15, 0.2) is 0 Å². The van der Waals surface area contributed by atoms with Gasteiger partial charge in [-0.05, 0) is 32.9 Å². The first-order valence-corrected chi connectivity index (χ1v) is 5.76. The van der Waals surface area contributed by atoms with Crippen molar-refractivity contribution in [2.45, 2.75) is 25.8 Å². The number of rotatable bonds is 5. The first-order chi connectivity index (χ1) is 7.54. The lowest BCUT2D eigenvalue weighted by molar-refractivity contribution is 0.112. The second-order valence-corrected chi connectivity index (χ2v) is 4.64. The molecule has 1 unspecified atom stereocenters. The van der Waals surface area contributed by atoms with Crippen LogP contribution in [0.25, 0.3) is 0 Å². The third kappa shape index (κ3) is 2.63. The summed E-state index contributed by atoms with van der Waals surface area (Å²) in [6.45, 7) is 10.0. The van der Waals surface area contributed by atoms with Gasteiger partial charge in [-0.3, -0.25) is 4.90 Å². The van der Waals surface area contributed by atoms with Gasteiger partial charge in [-0.2, -0.15) is 0 Å². The molecule has 0 saturated carbocycles. The zero-order valence-corrected chi connectivity index (χ0v) is 10.9. The minimum Gasteiger partial charge on any atom is -0.383 e. The molecule has 0 heterocycles. The fourth-order valence-electron chi connectivity index (χ4n) is 2.07. The van der Waals surface area contributed by atoms with Gasteiger partial charge < -0.3 is 4.74 Å². The average molecular weight is 221 g/mol. The summed E-state index contributed by atoms with van der Waals surface area (Å²) in [7, 11) is 3.89. The lowest BCUT2D eigenvalue weighted by Crippen LogP contribution is -2.47. The lowest BCUT2D eigenvalue weighted by atomic mass is 9.81. The topological polar surface area (TPSA) is 12.5 Å². The van der Waals surface area contributed by atoms with Crippen LogP contribution in [0.5, 0.6) is 0 Å². The van der Waals surface area contributed by atoms with Gasteiger partial charge in [-0.15, -0.1) is 0 Å². The Morgan fingerprint density at radius 2 is 2.31 bits per heavy atom. The molecule has 1 aliphatic rings. The van der Waals surface area contributed by atoms with Crippen LogP contribution >= 0.6 is 0 Å². The first kappa shape index (κ1) is 13.2. The molecule has 1 atom stereocenters. The Morgan fingerprint density at radius 3 is 2.88 bits per heavy atom. The summed E-state index contributed by atoms with van der Waals surface area (Å²) >= 11 is 0. The van der Waals surface area contributed by atoms with Gasteiger partial charge in [0.05, 0.1) is 6.61 Å². The van der Waals surface area contributed by atoms with Gasteiger partial charge in [-0.1, -0.05) is 30.4 Å². The lowest BCUT2D eigenvalue weighted by Gasteiger charge is -2.41. The van der Waals surface area contributed by atoms with Crippen molar-refractivity contribution in [3.8, 4) is 0 Å². The maximum absolute atomic E-state index is 5.14. The molecule has 0 aromatic carbocycles. The zero-order valence-electron chi connectivity index (χ0n) is 10.9. The van der Waals surface area contributed by atoms with E-state index in [-0.39, 0.29) is 5.54 Å². The van der Waals surface area contributed by atoms with Crippen molar-refractivity contribution >= 4 is 0 Å². The summed E-state index contributed by atoms with van der Waals surface area (Å²) in [5, 5.41) is 0. The van der Waals surface area contributed by atoms with Crippen LogP contribution in [0.2, 0.25) is 0 Å². The highest BCUT2D eigenvalue weighted by molar-refractivity contribution is 5.40. The molecule has 90 valence electrons. The van der Waals surface area contributed by atoms with E-state index in [0.717, 1.165) is 19.6 Å². The molecule has 16 heavy (non-hydrogen) atoms. The minimum atomic E-state index is 0.0553. The van der Waals surface area contributed by atoms with Gasteiger partial charge in [0.25, 0.3) is 0 Å². The number of methoxy groups -OCH3 is 1. The van der Waals surface area contributed by atoms with Crippen molar-refractivity contribution in [2.75, 3.05) is 27.3 Å². The smallest absolute Gasteiger partial charge is 0.0589 e. The highest BCUT2D eigenvalue weighted by Gasteiger charge is 2.32. The number of hydrogen-bond acceptors (Lipinski definition) is 2. The Balaban J connectivity index is 2.84. The Kier molecular flexibility index (Phi) is 4.51. The molecule has 0 amide bonds. The van der Waals surface area contributed by atoms with Crippen LogP contribution < -0.4 is 0 Å². The Hall–Kier alpha value is -0.860. The summed E-state index contributed by atoms with van der Waals surface area (Å²) in [6.07, 6.45) is 7.52. The molecular weight excluding hydrogens is 198 g/mol. The molecule has 0 aliphatic heterocycles. The highest BCUT2D eigenvalue weighted by Crippen LogP contribution is 2.33. The van der Waals surface area contributed by atoms with Gasteiger partial charge >= 0.3 is 0 Å². The number of allylic oxidation sites excluding steroid dienone is 2. The van der Waals surface area contributed by atoms with Crippen LogP contribution in [0.3, 0.4) is 0 Å². The summed E-state index contributed by atoms with van der Waals surface area (Å²) in [4.78, 5) is 2.34. The van der Waals surface area contributed by atoms with Crippen LogP contribution in [0.15, 0.2) is 36.0 Å². The predicted octanol–water partition coefficient (Wildman–Crippen LogP) is 2.79. The Bertz CT molecular complexity index is 317. The molecule has 1 aliphatic carbocycles. The van der Waals surface area contributed by atoms with Crippen molar-refractivity contribution in [1.82, 2.24) is 4.90 Å². The number of likely N-dealkylation sites (N-methyl/N-ethyl adjacent to an activating group) is 1. The van der Waals surface area contributed by atoms with E-state index in [2.05, 4.69) is 44.5 Å². The van der Waals surface area contributed by atoms with Crippen molar-refractivity contribution in [2.24, 2.45) is 0 Å². The molecular formula is C14H23NO. The third-order valence-electron chi connectivity index (χ3n) is 3.52. The van der Waals surface area contributed by atoms with E-state index in [4.69, 9.17) is 4.74 Å². The van der Waals surface area contributed by atoms with Crippen molar-refractivity contribution < 1.29 is 4.74 Å². The fraction of sp³-hybridized carbons (Fsp3) is 0.571.